The summed E-state index contributed by atoms with van der Waals surface area (Å²) in [6, 6.07) is 9.41. The number of ether oxygens (including phenoxy) is 1. The molecule has 1 aromatic carbocycles. The first kappa shape index (κ1) is 10.5. The van der Waals surface area contributed by atoms with Crippen molar-refractivity contribution in [2.24, 2.45) is 0 Å². The Balaban J connectivity index is 0.00000196. The van der Waals surface area contributed by atoms with Crippen LogP contribution in [0.1, 0.15) is 6.99 Å². The summed E-state index contributed by atoms with van der Waals surface area (Å²) >= 11 is 0. The van der Waals surface area contributed by atoms with Crippen molar-refractivity contribution in [3.05, 3.63) is 35.9 Å². The van der Waals surface area contributed by atoms with Gasteiger partial charge in [-0.05, 0) is 5.56 Å². The van der Waals surface area contributed by atoms with Crippen molar-refractivity contribution in [3.63, 3.8) is 0 Å². The number of alkyl carbamates (subject to hydrolysis) is 1. The van der Waals surface area contributed by atoms with Crippen LogP contribution < -0.4 is 5.32 Å². The average molecular weight is 197 g/mol. The van der Waals surface area contributed by atoms with Gasteiger partial charge in [-0.1, -0.05) is 30.3 Å². The van der Waals surface area contributed by atoms with Gasteiger partial charge < -0.3 is 15.2 Å². The highest BCUT2D eigenvalue weighted by Gasteiger charge is 2.00. The predicted molar refractivity (Wildman–Crippen MR) is 53.8 cm³/mol. The molecule has 0 saturated heterocycles. The van der Waals surface area contributed by atoms with Crippen LogP contribution in [0.4, 0.5) is 4.79 Å². The fourth-order valence-electron chi connectivity index (χ4n) is 0.932. The van der Waals surface area contributed by atoms with Gasteiger partial charge in [-0.3, -0.25) is 0 Å². The number of benzene rings is 1. The van der Waals surface area contributed by atoms with Crippen molar-refractivity contribution in [1.29, 1.82) is 0 Å². The van der Waals surface area contributed by atoms with Gasteiger partial charge in [0.15, 0.2) is 0 Å². The highest BCUT2D eigenvalue weighted by atomic mass is 16.5. The number of amides is 1. The number of carbonyl (C=O) groups is 1. The second-order valence-corrected chi connectivity index (χ2v) is 2.71. The number of aliphatic hydroxyl groups excluding tert-OH is 1. The minimum Gasteiger partial charge on any atom is -0.445 e. The zero-order valence-corrected chi connectivity index (χ0v) is 7.77. The zero-order valence-electron chi connectivity index (χ0n) is 7.77. The lowest BCUT2D eigenvalue weighted by molar-refractivity contribution is 0.137. The van der Waals surface area contributed by atoms with E-state index in [1.165, 1.54) is 0 Å². The van der Waals surface area contributed by atoms with Gasteiger partial charge in [0.1, 0.15) is 6.61 Å². The maximum Gasteiger partial charge on any atom is 0.407 e. The molecule has 1 rings (SSSR count). The molecule has 4 heteroatoms. The van der Waals surface area contributed by atoms with Crippen LogP contribution in [0.2, 0.25) is 0 Å². The molecule has 78 valence electrons. The molecular weight excluding hydrogens is 182 g/mol. The highest BCUT2D eigenvalue weighted by molar-refractivity contribution is 5.67. The largest absolute Gasteiger partial charge is 0.445 e. The first-order chi connectivity index (χ1) is 6.83. The Hall–Kier alpha value is -1.55. The van der Waals surface area contributed by atoms with Crippen LogP contribution in [0.5, 0.6) is 0 Å². The molecule has 0 spiro atoms. The van der Waals surface area contributed by atoms with Crippen LogP contribution in [0, 0.1) is 0 Å². The van der Waals surface area contributed by atoms with Crippen LogP contribution in [-0.2, 0) is 11.3 Å². The van der Waals surface area contributed by atoms with Crippen molar-refractivity contribution in [2.75, 3.05) is 13.2 Å². The summed E-state index contributed by atoms with van der Waals surface area (Å²) in [5, 5.41) is 10.8. The lowest BCUT2D eigenvalue weighted by atomic mass is 10.2. The van der Waals surface area contributed by atoms with Crippen LogP contribution in [0.25, 0.3) is 0 Å². The minimum absolute atomic E-state index is 0. The van der Waals surface area contributed by atoms with Crippen molar-refractivity contribution in [2.45, 2.75) is 6.61 Å². The third-order valence-corrected chi connectivity index (χ3v) is 1.59. The number of nitrogens with one attached hydrogen (secondary N) is 1. The maximum atomic E-state index is 10.9. The van der Waals surface area contributed by atoms with Crippen molar-refractivity contribution in [1.82, 2.24) is 5.32 Å². The van der Waals surface area contributed by atoms with E-state index in [2.05, 4.69) is 5.32 Å². The third-order valence-electron chi connectivity index (χ3n) is 1.59. The maximum absolute atomic E-state index is 10.9. The Bertz CT molecular complexity index is 279. The Labute approximate surface area is 84.0 Å². The molecule has 0 aliphatic carbocycles. The molecule has 0 aromatic heterocycles. The van der Waals surface area contributed by atoms with Crippen LogP contribution in [0.15, 0.2) is 30.3 Å². The SMILES string of the molecule is O=C(NCCO)OCc1ccccc1.[HH]. The first-order valence-corrected chi connectivity index (χ1v) is 4.38. The van der Waals surface area contributed by atoms with E-state index in [0.29, 0.717) is 0 Å². The summed E-state index contributed by atoms with van der Waals surface area (Å²) in [6.07, 6.45) is -0.511. The van der Waals surface area contributed by atoms with Crippen LogP contribution in [-0.4, -0.2) is 24.4 Å². The predicted octanol–water partition coefficient (Wildman–Crippen LogP) is 1.15. The van der Waals surface area contributed by atoms with E-state index in [1.54, 1.807) is 0 Å². The molecule has 1 amide bonds. The van der Waals surface area contributed by atoms with Gasteiger partial charge in [-0.25, -0.2) is 4.79 Å². The smallest absolute Gasteiger partial charge is 0.407 e. The summed E-state index contributed by atoms with van der Waals surface area (Å²) in [5.74, 6) is 0. The molecule has 0 aliphatic heterocycles. The van der Waals surface area contributed by atoms with E-state index in [0.717, 1.165) is 5.56 Å². The molecule has 4 nitrogen and oxygen atoms in total. The quantitative estimate of drug-likeness (QED) is 0.761. The standard InChI is InChI=1S/C10H13NO3.H2/c12-7-6-11-10(13)14-8-9-4-2-1-3-5-9;/h1-5,12H,6-8H2,(H,11,13);1H. The Kier molecular flexibility index (Phi) is 4.50. The van der Waals surface area contributed by atoms with E-state index in [1.807, 2.05) is 30.3 Å². The molecular formula is C10H15NO3. The van der Waals surface area contributed by atoms with Gasteiger partial charge in [0, 0.05) is 7.97 Å². The van der Waals surface area contributed by atoms with Gasteiger partial charge in [0.05, 0.1) is 6.61 Å². The van der Waals surface area contributed by atoms with E-state index < -0.39 is 6.09 Å². The Morgan fingerprint density at radius 2 is 2.14 bits per heavy atom. The minimum atomic E-state index is -0.511. The number of carbonyl (C=O) groups excluding carboxylic acids is 1. The molecule has 0 unspecified atom stereocenters. The molecule has 2 N–H and O–H groups in total. The van der Waals surface area contributed by atoms with Gasteiger partial charge in [0.25, 0.3) is 0 Å². The molecule has 0 radical (unpaired) electrons. The fraction of sp³-hybridized carbons (Fsp3) is 0.300. The molecule has 0 heterocycles. The van der Waals surface area contributed by atoms with E-state index in [4.69, 9.17) is 9.84 Å². The summed E-state index contributed by atoms with van der Waals surface area (Å²) in [5.41, 5.74) is 0.937. The van der Waals surface area contributed by atoms with Gasteiger partial charge in [-0.2, -0.15) is 0 Å². The molecule has 0 fully saturated rings. The second kappa shape index (κ2) is 5.99. The Morgan fingerprint density at radius 3 is 2.79 bits per heavy atom. The summed E-state index contributed by atoms with van der Waals surface area (Å²) in [4.78, 5) is 10.9. The van der Waals surface area contributed by atoms with Crippen molar-refractivity contribution >= 4 is 6.09 Å². The highest BCUT2D eigenvalue weighted by Crippen LogP contribution is 2.00. The lowest BCUT2D eigenvalue weighted by Gasteiger charge is -2.05. The van der Waals surface area contributed by atoms with Crippen molar-refractivity contribution < 1.29 is 16.1 Å². The molecule has 0 saturated carbocycles. The average Bonchev–Trinajstić information content (AvgIpc) is 2.25. The molecule has 0 bridgehead atoms. The topological polar surface area (TPSA) is 58.6 Å². The summed E-state index contributed by atoms with van der Waals surface area (Å²) in [7, 11) is 0. The van der Waals surface area contributed by atoms with Gasteiger partial charge in [0.2, 0.25) is 0 Å². The van der Waals surface area contributed by atoms with Crippen molar-refractivity contribution in [3.8, 4) is 0 Å². The molecule has 0 aliphatic rings. The second-order valence-electron chi connectivity index (χ2n) is 2.71. The lowest BCUT2D eigenvalue weighted by Crippen LogP contribution is -2.26. The summed E-state index contributed by atoms with van der Waals surface area (Å²) in [6.45, 7) is 0.381. The first-order valence-electron chi connectivity index (χ1n) is 4.38. The molecule has 14 heavy (non-hydrogen) atoms. The van der Waals surface area contributed by atoms with Crippen LogP contribution >= 0.6 is 0 Å². The van der Waals surface area contributed by atoms with Gasteiger partial charge in [-0.15, -0.1) is 0 Å². The number of hydrogen-bond donors (Lipinski definition) is 2. The third kappa shape index (κ3) is 3.91. The summed E-state index contributed by atoms with van der Waals surface area (Å²) < 4.78 is 4.87. The monoisotopic (exact) mass is 197 g/mol. The molecule has 1 aromatic rings. The number of aliphatic hydroxyl groups is 1. The van der Waals surface area contributed by atoms with Gasteiger partial charge >= 0.3 is 6.09 Å². The van der Waals surface area contributed by atoms with E-state index in [-0.39, 0.29) is 21.2 Å². The van der Waals surface area contributed by atoms with E-state index in [9.17, 15) is 4.79 Å². The van der Waals surface area contributed by atoms with Crippen LogP contribution in [0.3, 0.4) is 0 Å². The Morgan fingerprint density at radius 1 is 1.43 bits per heavy atom. The molecule has 0 atom stereocenters. The fourth-order valence-corrected chi connectivity index (χ4v) is 0.932. The number of rotatable bonds is 4. The zero-order chi connectivity index (χ0) is 10.2. The normalized spacial score (nSPS) is 9.50. The number of hydrogen-bond acceptors (Lipinski definition) is 3. The van der Waals surface area contributed by atoms with E-state index >= 15 is 0 Å².